The first kappa shape index (κ1) is 12.9. The summed E-state index contributed by atoms with van der Waals surface area (Å²) in [5.74, 6) is 0.0486. The molecule has 3 nitrogen and oxygen atoms in total. The number of carbonyl (C=O) groups is 1. The second-order valence-corrected chi connectivity index (χ2v) is 5.62. The highest BCUT2D eigenvalue weighted by Gasteiger charge is 2.29. The first-order valence-electron chi connectivity index (χ1n) is 7.35. The average Bonchev–Trinajstić information content (AvgIpc) is 2.58. The van der Waals surface area contributed by atoms with Gasteiger partial charge in [-0.1, -0.05) is 48.5 Å². The standard InChI is InChI=1S/C19H16N2O/c1-21-18(20-17-9-5-4-8-16(17)19(21)22)15-11-10-13-6-2-3-7-14(13)12-15/h2-12,18,20H,1H3. The molecule has 1 heterocycles. The van der Waals surface area contributed by atoms with Crippen molar-refractivity contribution in [2.75, 3.05) is 12.4 Å². The smallest absolute Gasteiger partial charge is 0.257 e. The van der Waals surface area contributed by atoms with Crippen molar-refractivity contribution in [2.24, 2.45) is 0 Å². The number of nitrogens with zero attached hydrogens (tertiary/aromatic N) is 1. The normalized spacial score (nSPS) is 17.2. The van der Waals surface area contributed by atoms with Gasteiger partial charge in [0, 0.05) is 12.7 Å². The van der Waals surface area contributed by atoms with Gasteiger partial charge in [0.25, 0.3) is 5.91 Å². The zero-order valence-corrected chi connectivity index (χ0v) is 12.3. The van der Waals surface area contributed by atoms with Gasteiger partial charge in [0.15, 0.2) is 0 Å². The number of benzene rings is 3. The number of rotatable bonds is 1. The van der Waals surface area contributed by atoms with Crippen LogP contribution in [0.1, 0.15) is 22.1 Å². The fourth-order valence-electron chi connectivity index (χ4n) is 3.03. The molecule has 3 aromatic carbocycles. The summed E-state index contributed by atoms with van der Waals surface area (Å²) < 4.78 is 0. The Kier molecular flexibility index (Phi) is 2.86. The molecule has 0 aromatic heterocycles. The van der Waals surface area contributed by atoms with Gasteiger partial charge in [-0.2, -0.15) is 0 Å². The molecule has 1 N–H and O–H groups in total. The summed E-state index contributed by atoms with van der Waals surface area (Å²) in [5.41, 5.74) is 2.70. The topological polar surface area (TPSA) is 32.3 Å². The van der Waals surface area contributed by atoms with Gasteiger partial charge in [0.05, 0.1) is 5.56 Å². The number of hydrogen-bond donors (Lipinski definition) is 1. The quantitative estimate of drug-likeness (QED) is 0.733. The third kappa shape index (κ3) is 1.94. The van der Waals surface area contributed by atoms with E-state index in [4.69, 9.17) is 0 Å². The van der Waals surface area contributed by atoms with Gasteiger partial charge in [-0.15, -0.1) is 0 Å². The lowest BCUT2D eigenvalue weighted by Crippen LogP contribution is -2.40. The lowest BCUT2D eigenvalue weighted by atomic mass is 10.0. The van der Waals surface area contributed by atoms with Crippen LogP contribution >= 0.6 is 0 Å². The van der Waals surface area contributed by atoms with Gasteiger partial charge in [0.2, 0.25) is 0 Å². The van der Waals surface area contributed by atoms with Gasteiger partial charge < -0.3 is 10.2 Å². The Morgan fingerprint density at radius 2 is 1.64 bits per heavy atom. The Morgan fingerprint density at radius 1 is 0.909 bits per heavy atom. The predicted octanol–water partition coefficient (Wildman–Crippen LogP) is 4.04. The molecule has 0 saturated heterocycles. The Bertz CT molecular complexity index is 872. The van der Waals surface area contributed by atoms with Crippen molar-refractivity contribution in [3.8, 4) is 0 Å². The summed E-state index contributed by atoms with van der Waals surface area (Å²) in [4.78, 5) is 14.3. The molecule has 0 fully saturated rings. The Hall–Kier alpha value is -2.81. The highest BCUT2D eigenvalue weighted by Crippen LogP contribution is 2.32. The van der Waals surface area contributed by atoms with Gasteiger partial charge >= 0.3 is 0 Å². The summed E-state index contributed by atoms with van der Waals surface area (Å²) in [5, 5.41) is 5.85. The van der Waals surface area contributed by atoms with Crippen molar-refractivity contribution >= 4 is 22.4 Å². The summed E-state index contributed by atoms with van der Waals surface area (Å²) in [6.07, 6.45) is -0.146. The van der Waals surface area contributed by atoms with Gasteiger partial charge in [-0.3, -0.25) is 4.79 Å². The fourth-order valence-corrected chi connectivity index (χ4v) is 3.03. The Labute approximate surface area is 129 Å². The molecule has 0 radical (unpaired) electrons. The van der Waals surface area contributed by atoms with E-state index in [1.807, 2.05) is 43.4 Å². The van der Waals surface area contributed by atoms with Crippen molar-refractivity contribution in [2.45, 2.75) is 6.17 Å². The molecule has 3 aromatic rings. The third-order valence-corrected chi connectivity index (χ3v) is 4.25. The van der Waals surface area contributed by atoms with E-state index in [-0.39, 0.29) is 12.1 Å². The van der Waals surface area contributed by atoms with E-state index in [0.29, 0.717) is 0 Å². The molecule has 0 aliphatic carbocycles. The van der Waals surface area contributed by atoms with Crippen molar-refractivity contribution in [3.05, 3.63) is 77.9 Å². The Morgan fingerprint density at radius 3 is 2.50 bits per heavy atom. The van der Waals surface area contributed by atoms with E-state index in [1.165, 1.54) is 10.8 Å². The highest BCUT2D eigenvalue weighted by atomic mass is 16.2. The van der Waals surface area contributed by atoms with Crippen LogP contribution in [-0.2, 0) is 0 Å². The van der Waals surface area contributed by atoms with Crippen LogP contribution in [0.15, 0.2) is 66.7 Å². The maximum absolute atomic E-state index is 12.5. The molecule has 1 unspecified atom stereocenters. The largest absolute Gasteiger partial charge is 0.361 e. The summed E-state index contributed by atoms with van der Waals surface area (Å²) in [7, 11) is 1.84. The van der Waals surface area contributed by atoms with E-state index >= 15 is 0 Å². The van der Waals surface area contributed by atoms with Gasteiger partial charge in [-0.05, 0) is 34.5 Å². The molecule has 0 spiro atoms. The second-order valence-electron chi connectivity index (χ2n) is 5.62. The highest BCUT2D eigenvalue weighted by molar-refractivity contribution is 6.01. The van der Waals surface area contributed by atoms with Crippen LogP contribution in [0.3, 0.4) is 0 Å². The van der Waals surface area contributed by atoms with Gasteiger partial charge in [0.1, 0.15) is 6.17 Å². The fraction of sp³-hybridized carbons (Fsp3) is 0.105. The first-order chi connectivity index (χ1) is 10.7. The molecule has 1 aliphatic heterocycles. The predicted molar refractivity (Wildman–Crippen MR) is 88.8 cm³/mol. The minimum Gasteiger partial charge on any atom is -0.361 e. The maximum Gasteiger partial charge on any atom is 0.257 e. The summed E-state index contributed by atoms with van der Waals surface area (Å²) >= 11 is 0. The number of fused-ring (bicyclic) bond motifs is 2. The molecule has 1 aliphatic rings. The van der Waals surface area contributed by atoms with Crippen LogP contribution in [0.25, 0.3) is 10.8 Å². The summed E-state index contributed by atoms with van der Waals surface area (Å²) in [6, 6.07) is 22.2. The van der Waals surface area contributed by atoms with E-state index in [1.54, 1.807) is 4.90 Å². The van der Waals surface area contributed by atoms with Crippen LogP contribution in [0.2, 0.25) is 0 Å². The van der Waals surface area contributed by atoms with Crippen LogP contribution in [-0.4, -0.2) is 17.9 Å². The molecule has 3 heteroatoms. The minimum atomic E-state index is -0.146. The van der Waals surface area contributed by atoms with Crippen LogP contribution in [0, 0.1) is 0 Å². The minimum absolute atomic E-state index is 0.0486. The van der Waals surface area contributed by atoms with Crippen molar-refractivity contribution in [1.29, 1.82) is 0 Å². The molecular formula is C19H16N2O. The SMILES string of the molecule is CN1C(=O)c2ccccc2NC1c1ccc2ccccc2c1. The van der Waals surface area contributed by atoms with Crippen LogP contribution < -0.4 is 5.32 Å². The molecule has 1 amide bonds. The third-order valence-electron chi connectivity index (χ3n) is 4.25. The van der Waals surface area contributed by atoms with Crippen LogP contribution in [0.4, 0.5) is 5.69 Å². The van der Waals surface area contributed by atoms with Crippen molar-refractivity contribution in [3.63, 3.8) is 0 Å². The zero-order valence-electron chi connectivity index (χ0n) is 12.3. The lowest BCUT2D eigenvalue weighted by Gasteiger charge is -2.35. The number of anilines is 1. The molecule has 0 bridgehead atoms. The molecule has 0 saturated carbocycles. The lowest BCUT2D eigenvalue weighted by molar-refractivity contribution is 0.0735. The van der Waals surface area contributed by atoms with Crippen molar-refractivity contribution in [1.82, 2.24) is 4.90 Å². The van der Waals surface area contributed by atoms with E-state index in [9.17, 15) is 4.79 Å². The monoisotopic (exact) mass is 288 g/mol. The van der Waals surface area contributed by atoms with E-state index in [0.717, 1.165) is 16.8 Å². The van der Waals surface area contributed by atoms with Crippen molar-refractivity contribution < 1.29 is 4.79 Å². The van der Waals surface area contributed by atoms with Gasteiger partial charge in [-0.25, -0.2) is 0 Å². The van der Waals surface area contributed by atoms with Crippen LogP contribution in [0.5, 0.6) is 0 Å². The molecule has 22 heavy (non-hydrogen) atoms. The van der Waals surface area contributed by atoms with E-state index in [2.05, 4.69) is 35.6 Å². The number of amides is 1. The average molecular weight is 288 g/mol. The second kappa shape index (κ2) is 4.88. The summed E-state index contributed by atoms with van der Waals surface area (Å²) in [6.45, 7) is 0. The van der Waals surface area contributed by atoms with E-state index < -0.39 is 0 Å². The first-order valence-corrected chi connectivity index (χ1v) is 7.35. The zero-order chi connectivity index (χ0) is 15.1. The maximum atomic E-state index is 12.5. The molecule has 4 rings (SSSR count). The number of para-hydroxylation sites is 1. The molecule has 1 atom stereocenters. The Balaban J connectivity index is 1.80. The molecule has 108 valence electrons. The number of nitrogens with one attached hydrogen (secondary N) is 1. The number of carbonyl (C=O) groups excluding carboxylic acids is 1. The molecular weight excluding hydrogens is 272 g/mol. The number of hydrogen-bond acceptors (Lipinski definition) is 2.